The number of fused-ring (bicyclic) bond motifs is 5. The molecule has 0 radical (unpaired) electrons. The fourth-order valence-corrected chi connectivity index (χ4v) is 12.0. The number of carbonyl (C=O) groups excluding carboxylic acids is 2. The first kappa shape index (κ1) is 47.4. The van der Waals surface area contributed by atoms with Crippen LogP contribution in [0.1, 0.15) is 85.5 Å². The third-order valence-electron chi connectivity index (χ3n) is 15.1. The summed E-state index contributed by atoms with van der Waals surface area (Å²) in [4.78, 5) is 31.1. The van der Waals surface area contributed by atoms with Gasteiger partial charge in [-0.3, -0.25) is 9.59 Å². The minimum absolute atomic E-state index is 0.0475. The van der Waals surface area contributed by atoms with E-state index in [9.17, 15) is 18.7 Å². The van der Waals surface area contributed by atoms with E-state index in [0.717, 1.165) is 18.6 Å². The average Bonchev–Trinajstić information content (AvgIpc) is 3.83. The molecule has 2 saturated carbocycles. The summed E-state index contributed by atoms with van der Waals surface area (Å²) in [5.74, 6) is -4.98. The van der Waals surface area contributed by atoms with Gasteiger partial charge in [-0.2, -0.15) is 0 Å². The van der Waals surface area contributed by atoms with Gasteiger partial charge in [-0.1, -0.05) is 19.9 Å². The van der Waals surface area contributed by atoms with Gasteiger partial charge in [0, 0.05) is 56.9 Å². The summed E-state index contributed by atoms with van der Waals surface area (Å²) in [6.45, 7) is 7.87. The van der Waals surface area contributed by atoms with E-state index in [1.54, 1.807) is 21.3 Å². The number of aliphatic hydroxyl groups excluding tert-OH is 1. The molecule has 15 heteroatoms. The molecule has 1 aromatic rings. The zero-order valence-corrected chi connectivity index (χ0v) is 37.9. The fraction of sp³-hybridized carbons (Fsp3) is 0.787. The van der Waals surface area contributed by atoms with Crippen molar-refractivity contribution in [2.45, 2.75) is 165 Å². The van der Waals surface area contributed by atoms with Gasteiger partial charge in [0.1, 0.15) is 24.4 Å². The lowest BCUT2D eigenvalue weighted by Crippen LogP contribution is -2.59. The lowest BCUT2D eigenvalue weighted by atomic mass is 9.62. The summed E-state index contributed by atoms with van der Waals surface area (Å²) >= 11 is 0. The number of esters is 1. The Bertz CT molecular complexity index is 1740. The predicted octanol–water partition coefficient (Wildman–Crippen LogP) is 6.05. The molecule has 1 aromatic carbocycles. The Labute approximate surface area is 365 Å². The van der Waals surface area contributed by atoms with Gasteiger partial charge < -0.3 is 53.2 Å². The maximum absolute atomic E-state index is 15.0. The Morgan fingerprint density at radius 2 is 1.60 bits per heavy atom. The highest BCUT2D eigenvalue weighted by molar-refractivity contribution is 5.99. The van der Waals surface area contributed by atoms with Crippen LogP contribution in [0.2, 0.25) is 0 Å². The van der Waals surface area contributed by atoms with Crippen molar-refractivity contribution < 1.29 is 61.4 Å². The van der Waals surface area contributed by atoms with Crippen LogP contribution in [0, 0.1) is 47.1 Å². The van der Waals surface area contributed by atoms with Gasteiger partial charge in [0.05, 0.1) is 43.0 Å². The number of Topliss-reactive ketones (excluding diaryl/α,β-unsaturated/α-hetero) is 1. The van der Waals surface area contributed by atoms with Gasteiger partial charge in [0.2, 0.25) is 0 Å². The Kier molecular flexibility index (Phi) is 15.5. The molecule has 3 heterocycles. The van der Waals surface area contributed by atoms with Crippen molar-refractivity contribution in [1.29, 1.82) is 0 Å². The van der Waals surface area contributed by atoms with Crippen molar-refractivity contribution in [2.75, 3.05) is 40.7 Å². The van der Waals surface area contributed by atoms with Crippen LogP contribution >= 0.6 is 0 Å². The van der Waals surface area contributed by atoms with E-state index in [1.807, 2.05) is 26.8 Å². The number of hydrogen-bond donors (Lipinski definition) is 2. The first-order valence-corrected chi connectivity index (χ1v) is 22.9. The van der Waals surface area contributed by atoms with E-state index in [2.05, 4.69) is 31.2 Å². The smallest absolute Gasteiger partial charge is 0.306 e. The Balaban J connectivity index is 1.21. The van der Waals surface area contributed by atoms with E-state index in [4.69, 9.17) is 37.9 Å². The molecule has 2 N–H and O–H groups in total. The monoisotopic (exact) mass is 876 g/mol. The molecule has 62 heavy (non-hydrogen) atoms. The van der Waals surface area contributed by atoms with Crippen molar-refractivity contribution in [2.24, 2.45) is 35.5 Å². The van der Waals surface area contributed by atoms with Gasteiger partial charge in [-0.05, 0) is 115 Å². The highest BCUT2D eigenvalue weighted by Gasteiger charge is 2.60. The summed E-state index contributed by atoms with van der Waals surface area (Å²) in [6, 6.07) is 3.19. The third-order valence-corrected chi connectivity index (χ3v) is 15.1. The molecule has 13 nitrogen and oxygen atoms in total. The van der Waals surface area contributed by atoms with Crippen molar-refractivity contribution in [3.8, 4) is 0 Å². The number of anilines is 1. The molecular formula is C47H70F2N2O11. The van der Waals surface area contributed by atoms with Crippen LogP contribution < -0.4 is 5.32 Å². The summed E-state index contributed by atoms with van der Waals surface area (Å²) in [5, 5.41) is 16.0. The van der Waals surface area contributed by atoms with Crippen LogP contribution in [0.3, 0.4) is 0 Å². The first-order chi connectivity index (χ1) is 29.7. The molecule has 3 aliphatic heterocycles. The predicted molar refractivity (Wildman–Crippen MR) is 225 cm³/mol. The molecule has 0 amide bonds. The number of methoxy groups -OCH3 is 3. The molecule has 19 atom stereocenters. The molecular weight excluding hydrogens is 807 g/mol. The SMILES string of the molecule is CC[C@H]1CCC[C@H](O[C@H]2CC[C@H](N(C)C)C(C)O2)[C@@H](C)C(=O)C2=C[C@H]3[C@@H]4C[C@H](O[C@@H]5OC(C)[C@H](OC)C(OC)[C@@H]5OC)C[C@H]4[C@H](Nc4ccc(F)c(F)c4)[C@@H](O)[C@H]3[C@@H]2CC(=O)O1. The Morgan fingerprint density at radius 3 is 2.26 bits per heavy atom. The van der Waals surface area contributed by atoms with Crippen LogP contribution in [-0.2, 0) is 47.5 Å². The lowest BCUT2D eigenvalue weighted by molar-refractivity contribution is -0.314. The number of carbonyl (C=O) groups is 2. The van der Waals surface area contributed by atoms with Crippen molar-refractivity contribution in [3.05, 3.63) is 41.5 Å². The molecule has 0 aromatic heterocycles. The summed E-state index contributed by atoms with van der Waals surface area (Å²) < 4.78 is 78.6. The maximum atomic E-state index is 15.0. The molecule has 348 valence electrons. The van der Waals surface area contributed by atoms with Crippen molar-refractivity contribution >= 4 is 17.4 Å². The van der Waals surface area contributed by atoms with Gasteiger partial charge in [0.15, 0.2) is 30.0 Å². The summed E-state index contributed by atoms with van der Waals surface area (Å²) in [6.07, 6.45) is 1.79. The number of ketones is 1. The number of ether oxygens (including phenoxy) is 8. The minimum atomic E-state index is -1.09. The number of benzene rings is 1. The molecule has 6 aliphatic rings. The van der Waals surface area contributed by atoms with Gasteiger partial charge in [-0.15, -0.1) is 0 Å². The van der Waals surface area contributed by atoms with Crippen molar-refractivity contribution in [1.82, 2.24) is 4.90 Å². The van der Waals surface area contributed by atoms with Crippen LogP contribution in [0.4, 0.5) is 14.5 Å². The largest absolute Gasteiger partial charge is 0.462 e. The molecule has 0 bridgehead atoms. The second-order valence-electron chi connectivity index (χ2n) is 18.9. The van der Waals surface area contributed by atoms with Gasteiger partial charge in [0.25, 0.3) is 0 Å². The highest BCUT2D eigenvalue weighted by atomic mass is 19.2. The van der Waals surface area contributed by atoms with Crippen molar-refractivity contribution in [3.63, 3.8) is 0 Å². The maximum Gasteiger partial charge on any atom is 0.306 e. The Hall–Kier alpha value is -2.60. The fourth-order valence-electron chi connectivity index (χ4n) is 12.0. The normalized spacial score (nSPS) is 42.9. The van der Waals surface area contributed by atoms with E-state index < -0.39 is 84.5 Å². The number of rotatable bonds is 11. The number of likely N-dealkylation sites (N-methyl/N-ethyl adjacent to an activating group) is 1. The quantitative estimate of drug-likeness (QED) is 0.250. The van der Waals surface area contributed by atoms with Crippen LogP contribution in [0.15, 0.2) is 29.8 Å². The second kappa shape index (κ2) is 20.3. The summed E-state index contributed by atoms with van der Waals surface area (Å²) in [5.41, 5.74) is 0.813. The first-order valence-electron chi connectivity index (χ1n) is 22.9. The number of aliphatic hydroxyl groups is 1. The second-order valence-corrected chi connectivity index (χ2v) is 18.9. The number of nitrogens with zero attached hydrogens (tertiary/aromatic N) is 1. The number of nitrogens with one attached hydrogen (secondary N) is 1. The number of allylic oxidation sites excluding steroid dienone is 2. The number of cyclic esters (lactones) is 1. The third kappa shape index (κ3) is 9.67. The van der Waals surface area contributed by atoms with E-state index in [0.29, 0.717) is 56.2 Å². The number of halogens is 2. The lowest BCUT2D eigenvalue weighted by Gasteiger charge is -2.47. The number of hydrogen-bond acceptors (Lipinski definition) is 13. The van der Waals surface area contributed by atoms with E-state index >= 15 is 4.79 Å². The van der Waals surface area contributed by atoms with E-state index in [-0.39, 0.29) is 60.4 Å². The molecule has 3 saturated heterocycles. The van der Waals surface area contributed by atoms with Crippen LogP contribution in [-0.4, -0.2) is 137 Å². The summed E-state index contributed by atoms with van der Waals surface area (Å²) in [7, 11) is 8.88. The zero-order valence-electron chi connectivity index (χ0n) is 37.9. The van der Waals surface area contributed by atoms with E-state index in [1.165, 1.54) is 6.07 Å². The van der Waals surface area contributed by atoms with Gasteiger partial charge >= 0.3 is 5.97 Å². The standard InChI is InChI=1S/C47H70F2N2O11/c1-10-27-12-11-13-37(62-39-17-16-36(51(5)6)24(3)58-39)23(2)42(53)33-21-30-29-19-28(61-47-46(57-9)45(56-8)44(55-7)25(4)59-47)20-32(29)41(50-26-14-15-34(48)35(49)18-26)43(54)40(30)31(33)22-38(52)60-27/h14-15,18,21,23-25,27-32,36-37,39-41,43-47,50,54H,10-13,16-17,19-20,22H2,1-9H3/t23-,24?,25?,27+,28+,29+,30+,31-,32-,36+,37+,39+,40-,41+,43+,44+,45?,46+,47+/m1/s1. The molecule has 3 aliphatic carbocycles. The molecule has 7 rings (SSSR count). The topological polar surface area (TPSA) is 143 Å². The zero-order chi connectivity index (χ0) is 44.6. The van der Waals surface area contributed by atoms with Crippen LogP contribution in [0.25, 0.3) is 0 Å². The average molecular weight is 877 g/mol. The molecule has 3 unspecified atom stereocenters. The molecule has 5 fully saturated rings. The van der Waals surface area contributed by atoms with Gasteiger partial charge in [-0.25, -0.2) is 8.78 Å². The highest BCUT2D eigenvalue weighted by Crippen LogP contribution is 2.57. The Morgan fingerprint density at radius 1 is 0.871 bits per heavy atom. The van der Waals surface area contributed by atoms with Crippen LogP contribution in [0.5, 0.6) is 0 Å². The molecule has 0 spiro atoms. The minimum Gasteiger partial charge on any atom is -0.462 e.